The second kappa shape index (κ2) is 8.50. The molecule has 2 aliphatic rings. The Hall–Kier alpha value is -1.10. The van der Waals surface area contributed by atoms with Crippen molar-refractivity contribution in [2.45, 2.75) is 117 Å². The maximum Gasteiger partial charge on any atom is 0.412 e. The first kappa shape index (κ1) is 22.2. The van der Waals surface area contributed by atoms with Crippen LogP contribution in [-0.4, -0.2) is 40.2 Å². The van der Waals surface area contributed by atoms with E-state index < -0.39 is 11.3 Å². The Labute approximate surface area is 165 Å². The predicted octanol–water partition coefficient (Wildman–Crippen LogP) is 5.31. The molecule has 5 nitrogen and oxygen atoms in total. The fourth-order valence-corrected chi connectivity index (χ4v) is 4.37. The van der Waals surface area contributed by atoms with Crippen molar-refractivity contribution in [1.82, 2.24) is 4.90 Å². The first-order chi connectivity index (χ1) is 12.4. The third kappa shape index (κ3) is 5.94. The zero-order valence-electron chi connectivity index (χ0n) is 18.3. The van der Waals surface area contributed by atoms with Crippen LogP contribution in [0.25, 0.3) is 0 Å². The summed E-state index contributed by atoms with van der Waals surface area (Å²) in [5.74, 6) is 0.751. The van der Waals surface area contributed by atoms with E-state index in [4.69, 9.17) is 9.47 Å². The van der Waals surface area contributed by atoms with E-state index in [9.17, 15) is 9.59 Å². The minimum absolute atomic E-state index is 0.0254. The molecule has 156 valence electrons. The van der Waals surface area contributed by atoms with Crippen molar-refractivity contribution in [3.63, 3.8) is 0 Å². The van der Waals surface area contributed by atoms with E-state index in [0.29, 0.717) is 12.3 Å². The van der Waals surface area contributed by atoms with Crippen LogP contribution >= 0.6 is 0 Å². The normalized spacial score (nSPS) is 26.4. The summed E-state index contributed by atoms with van der Waals surface area (Å²) >= 11 is 0. The van der Waals surface area contributed by atoms with E-state index in [2.05, 4.69) is 0 Å². The number of nitrogens with zero attached hydrogens (tertiary/aromatic N) is 1. The van der Waals surface area contributed by atoms with Crippen LogP contribution in [-0.2, 0) is 14.3 Å². The minimum Gasteiger partial charge on any atom is -0.444 e. The van der Waals surface area contributed by atoms with E-state index in [0.717, 1.165) is 6.42 Å². The Morgan fingerprint density at radius 2 is 1.74 bits per heavy atom. The minimum atomic E-state index is -0.774. The lowest BCUT2D eigenvalue weighted by atomic mass is 9.82. The molecule has 0 aromatic heterocycles. The summed E-state index contributed by atoms with van der Waals surface area (Å²) in [6.45, 7) is 13.3. The number of hydrogen-bond acceptors (Lipinski definition) is 4. The van der Waals surface area contributed by atoms with Gasteiger partial charge < -0.3 is 9.47 Å². The van der Waals surface area contributed by atoms with E-state index in [-0.39, 0.29) is 29.9 Å². The van der Waals surface area contributed by atoms with Crippen molar-refractivity contribution in [2.75, 3.05) is 0 Å². The number of rotatable bonds is 5. The fourth-order valence-electron chi connectivity index (χ4n) is 4.37. The lowest BCUT2D eigenvalue weighted by molar-refractivity contribution is -0.126. The van der Waals surface area contributed by atoms with Crippen molar-refractivity contribution in [3.05, 3.63) is 0 Å². The van der Waals surface area contributed by atoms with Crippen molar-refractivity contribution in [1.29, 1.82) is 0 Å². The molecule has 1 heterocycles. The molecule has 0 aromatic carbocycles. The molecular weight excluding hydrogens is 342 g/mol. The van der Waals surface area contributed by atoms with Crippen LogP contribution in [0.1, 0.15) is 93.4 Å². The van der Waals surface area contributed by atoms with Gasteiger partial charge in [-0.15, -0.1) is 0 Å². The molecule has 0 aromatic rings. The largest absolute Gasteiger partial charge is 0.444 e. The van der Waals surface area contributed by atoms with E-state index in [1.54, 1.807) is 4.90 Å². The maximum absolute atomic E-state index is 13.0. The van der Waals surface area contributed by atoms with Gasteiger partial charge in [0.25, 0.3) is 0 Å². The molecule has 2 fully saturated rings. The average Bonchev–Trinajstić information content (AvgIpc) is 2.76. The summed E-state index contributed by atoms with van der Waals surface area (Å²) in [6.07, 6.45) is 6.85. The highest BCUT2D eigenvalue weighted by molar-refractivity contribution is 5.81. The second-order valence-corrected chi connectivity index (χ2v) is 10.1. The van der Waals surface area contributed by atoms with Gasteiger partial charge in [0.05, 0.1) is 12.1 Å². The summed E-state index contributed by atoms with van der Waals surface area (Å²) in [5.41, 5.74) is -1.34. The molecule has 1 saturated carbocycles. The molecule has 2 rings (SSSR count). The van der Waals surface area contributed by atoms with Gasteiger partial charge in [0.1, 0.15) is 17.1 Å². The lowest BCUT2D eigenvalue weighted by Crippen LogP contribution is -2.51. The van der Waals surface area contributed by atoms with Gasteiger partial charge in [0.2, 0.25) is 0 Å². The highest BCUT2D eigenvalue weighted by atomic mass is 16.6. The number of ether oxygens (including phenoxy) is 2. The molecule has 2 atom stereocenters. The molecule has 1 amide bonds. The molecule has 0 N–H and O–H groups in total. The molecule has 0 unspecified atom stereocenters. The number of hydrogen-bond donors (Lipinski definition) is 0. The Balaban J connectivity index is 2.25. The number of amides is 1. The molecule has 1 saturated heterocycles. The van der Waals surface area contributed by atoms with Crippen LogP contribution in [0, 0.1) is 11.8 Å². The van der Waals surface area contributed by atoms with Gasteiger partial charge in [0, 0.05) is 12.3 Å². The summed E-state index contributed by atoms with van der Waals surface area (Å²) in [7, 11) is 0. The maximum atomic E-state index is 13.0. The molecule has 27 heavy (non-hydrogen) atoms. The highest BCUT2D eigenvalue weighted by Gasteiger charge is 2.52. The van der Waals surface area contributed by atoms with Crippen LogP contribution in [0.5, 0.6) is 0 Å². The van der Waals surface area contributed by atoms with Gasteiger partial charge in [-0.05, 0) is 47.0 Å². The lowest BCUT2D eigenvalue weighted by Gasteiger charge is -2.36. The fraction of sp³-hybridized carbons (Fsp3) is 0.909. The van der Waals surface area contributed by atoms with Crippen molar-refractivity contribution >= 4 is 11.9 Å². The zero-order chi connectivity index (χ0) is 20.4. The van der Waals surface area contributed by atoms with E-state index in [1.165, 1.54) is 32.1 Å². The van der Waals surface area contributed by atoms with E-state index in [1.807, 2.05) is 48.5 Å². The highest BCUT2D eigenvalue weighted by Crippen LogP contribution is 2.40. The summed E-state index contributed by atoms with van der Waals surface area (Å²) in [5, 5.41) is 0. The number of Topliss-reactive ketones (excluding diaryl/α,β-unsaturated/α-hetero) is 1. The standard InChI is InChI=1S/C22H39NO4/c1-15(2)18(24)14-19-17(13-16-11-9-8-10-12-16)23(22(6,7)26-19)20(25)27-21(3,4)5/h15-17,19H,8-14H2,1-7H3/t17-,19-/m0/s1. The van der Waals surface area contributed by atoms with Gasteiger partial charge in [-0.2, -0.15) is 0 Å². The predicted molar refractivity (Wildman–Crippen MR) is 106 cm³/mol. The second-order valence-electron chi connectivity index (χ2n) is 10.1. The van der Waals surface area contributed by atoms with Gasteiger partial charge in [0.15, 0.2) is 0 Å². The van der Waals surface area contributed by atoms with Gasteiger partial charge in [-0.1, -0.05) is 46.0 Å². The molecule has 0 spiro atoms. The summed E-state index contributed by atoms with van der Waals surface area (Å²) in [4.78, 5) is 27.2. The SMILES string of the molecule is CC(C)C(=O)C[C@@H]1OC(C)(C)N(C(=O)OC(C)(C)C)[C@H]1CC1CCCCC1. The third-order valence-electron chi connectivity index (χ3n) is 5.72. The average molecular weight is 382 g/mol. The molecule has 1 aliphatic carbocycles. The molecule has 1 aliphatic heterocycles. The summed E-state index contributed by atoms with van der Waals surface area (Å²) < 4.78 is 12.0. The molecule has 0 radical (unpaired) electrons. The Kier molecular flexibility index (Phi) is 6.99. The summed E-state index contributed by atoms with van der Waals surface area (Å²) in [6, 6.07) is -0.111. The smallest absolute Gasteiger partial charge is 0.412 e. The molecule has 5 heteroatoms. The van der Waals surface area contributed by atoms with Crippen LogP contribution < -0.4 is 0 Å². The van der Waals surface area contributed by atoms with Crippen LogP contribution in [0.2, 0.25) is 0 Å². The first-order valence-electron chi connectivity index (χ1n) is 10.6. The number of ketones is 1. The number of carbonyl (C=O) groups is 2. The van der Waals surface area contributed by atoms with Gasteiger partial charge in [-0.25, -0.2) is 4.79 Å². The van der Waals surface area contributed by atoms with Crippen molar-refractivity contribution in [2.24, 2.45) is 11.8 Å². The molecule has 0 bridgehead atoms. The molecular formula is C22H39NO4. The topological polar surface area (TPSA) is 55.8 Å². The monoisotopic (exact) mass is 381 g/mol. The zero-order valence-corrected chi connectivity index (χ0v) is 18.3. The van der Waals surface area contributed by atoms with Crippen molar-refractivity contribution in [3.8, 4) is 0 Å². The Morgan fingerprint density at radius 3 is 2.26 bits per heavy atom. The quantitative estimate of drug-likeness (QED) is 0.647. The van der Waals surface area contributed by atoms with E-state index >= 15 is 0 Å². The first-order valence-corrected chi connectivity index (χ1v) is 10.6. The number of carbonyl (C=O) groups excluding carboxylic acids is 2. The Bertz CT molecular complexity index is 529. The van der Waals surface area contributed by atoms with Gasteiger partial charge in [-0.3, -0.25) is 9.69 Å². The Morgan fingerprint density at radius 1 is 1.15 bits per heavy atom. The van der Waals surface area contributed by atoms with Crippen molar-refractivity contribution < 1.29 is 19.1 Å². The van der Waals surface area contributed by atoms with Gasteiger partial charge >= 0.3 is 6.09 Å². The van der Waals surface area contributed by atoms with Crippen LogP contribution in [0.15, 0.2) is 0 Å². The third-order valence-corrected chi connectivity index (χ3v) is 5.72. The van der Waals surface area contributed by atoms with Crippen LogP contribution in [0.4, 0.5) is 4.79 Å². The van der Waals surface area contributed by atoms with Crippen LogP contribution in [0.3, 0.4) is 0 Å².